The van der Waals surface area contributed by atoms with E-state index < -0.39 is 0 Å². The zero-order valence-corrected chi connectivity index (χ0v) is 14.0. The van der Waals surface area contributed by atoms with Crippen molar-refractivity contribution < 1.29 is 4.79 Å². The Morgan fingerprint density at radius 1 is 1.35 bits per heavy atom. The van der Waals surface area contributed by atoms with Crippen molar-refractivity contribution in [1.82, 2.24) is 9.78 Å². The summed E-state index contributed by atoms with van der Waals surface area (Å²) in [5.41, 5.74) is 7.07. The highest BCUT2D eigenvalue weighted by atomic mass is 35.5. The second kappa shape index (κ2) is 7.62. The minimum absolute atomic E-state index is 0. The number of nitrogens with two attached hydrogens (primary N) is 1. The minimum Gasteiger partial charge on any atom is -0.324 e. The zero-order chi connectivity index (χ0) is 15.5. The van der Waals surface area contributed by atoms with Crippen LogP contribution in [0.2, 0.25) is 0 Å². The molecule has 2 unspecified atom stereocenters. The highest BCUT2D eigenvalue weighted by Gasteiger charge is 2.30. The van der Waals surface area contributed by atoms with Crippen LogP contribution in [0.25, 0.3) is 0 Å². The van der Waals surface area contributed by atoms with Gasteiger partial charge in [-0.1, -0.05) is 30.3 Å². The van der Waals surface area contributed by atoms with Crippen LogP contribution in [-0.2, 0) is 4.79 Å². The fourth-order valence-corrected chi connectivity index (χ4v) is 2.73. The van der Waals surface area contributed by atoms with Crippen LogP contribution in [0.1, 0.15) is 43.8 Å². The Morgan fingerprint density at radius 3 is 2.70 bits per heavy atom. The molecule has 1 heterocycles. The number of hydrogen-bond donors (Lipinski definition) is 2. The molecule has 0 aliphatic heterocycles. The van der Waals surface area contributed by atoms with Crippen molar-refractivity contribution in [1.29, 1.82) is 0 Å². The molecule has 0 spiro atoms. The summed E-state index contributed by atoms with van der Waals surface area (Å²) in [6.45, 7) is 2.15. The largest absolute Gasteiger partial charge is 0.324 e. The third-order valence-electron chi connectivity index (χ3n) is 4.26. The number of benzene rings is 1. The van der Waals surface area contributed by atoms with Crippen LogP contribution in [0.5, 0.6) is 0 Å². The molecular formula is C17H23ClN4O. The van der Waals surface area contributed by atoms with Gasteiger partial charge in [0.25, 0.3) is 0 Å². The summed E-state index contributed by atoms with van der Waals surface area (Å²) in [6, 6.07) is 11.6. The summed E-state index contributed by atoms with van der Waals surface area (Å²) in [5, 5.41) is 7.27. The maximum absolute atomic E-state index is 12.2. The molecule has 2 aromatic rings. The van der Waals surface area contributed by atoms with E-state index in [1.807, 2.05) is 41.1 Å². The maximum Gasteiger partial charge on any atom is 0.227 e. The number of nitrogens with zero attached hydrogens (tertiary/aromatic N) is 2. The van der Waals surface area contributed by atoms with Gasteiger partial charge in [-0.25, -0.2) is 4.68 Å². The topological polar surface area (TPSA) is 72.9 Å². The van der Waals surface area contributed by atoms with Gasteiger partial charge in [0.1, 0.15) is 5.82 Å². The number of amides is 1. The Labute approximate surface area is 142 Å². The molecule has 1 aromatic carbocycles. The lowest BCUT2D eigenvalue weighted by Gasteiger charge is -2.16. The van der Waals surface area contributed by atoms with Crippen LogP contribution in [0, 0.1) is 5.92 Å². The van der Waals surface area contributed by atoms with Crippen molar-refractivity contribution in [2.24, 2.45) is 11.7 Å². The van der Waals surface area contributed by atoms with Gasteiger partial charge in [-0.3, -0.25) is 4.79 Å². The number of carbonyl (C=O) groups is 1. The first-order valence-electron chi connectivity index (χ1n) is 7.79. The molecule has 1 aliphatic carbocycles. The Morgan fingerprint density at radius 2 is 2.04 bits per heavy atom. The summed E-state index contributed by atoms with van der Waals surface area (Å²) in [5.74, 6) is 1.35. The lowest BCUT2D eigenvalue weighted by atomic mass is 10.0. The number of hydrogen-bond acceptors (Lipinski definition) is 3. The average molecular weight is 335 g/mol. The van der Waals surface area contributed by atoms with Crippen molar-refractivity contribution in [3.05, 3.63) is 48.2 Å². The smallest absolute Gasteiger partial charge is 0.227 e. The van der Waals surface area contributed by atoms with Crippen LogP contribution in [0.15, 0.2) is 42.6 Å². The van der Waals surface area contributed by atoms with E-state index in [0.29, 0.717) is 12.0 Å². The van der Waals surface area contributed by atoms with E-state index in [1.165, 1.54) is 12.8 Å². The number of anilines is 1. The van der Waals surface area contributed by atoms with E-state index in [0.717, 1.165) is 11.4 Å². The molecule has 124 valence electrons. The SMILES string of the molecule is CC(C1CC1)n1nccc1NC(=O)CC(N)c1ccccc1.Cl. The Bertz CT molecular complexity index is 639. The van der Waals surface area contributed by atoms with Crippen LogP contribution < -0.4 is 11.1 Å². The first-order valence-corrected chi connectivity index (χ1v) is 7.79. The molecule has 1 amide bonds. The standard InChI is InChI=1S/C17H22N4O.ClH/c1-12(13-7-8-13)21-16(9-10-19-21)20-17(22)11-15(18)14-5-3-2-4-6-14;/h2-6,9-10,12-13,15H,7-8,11,18H2,1H3,(H,20,22);1H. The third-order valence-corrected chi connectivity index (χ3v) is 4.26. The van der Waals surface area contributed by atoms with E-state index >= 15 is 0 Å². The lowest BCUT2D eigenvalue weighted by Crippen LogP contribution is -2.23. The van der Waals surface area contributed by atoms with E-state index in [4.69, 9.17) is 5.73 Å². The second-order valence-electron chi connectivity index (χ2n) is 6.01. The van der Waals surface area contributed by atoms with E-state index in [2.05, 4.69) is 17.3 Å². The van der Waals surface area contributed by atoms with Crippen LogP contribution in [0.3, 0.4) is 0 Å². The molecule has 0 saturated heterocycles. The van der Waals surface area contributed by atoms with Crippen molar-refractivity contribution >= 4 is 24.1 Å². The molecule has 1 saturated carbocycles. The molecule has 5 nitrogen and oxygen atoms in total. The predicted octanol–water partition coefficient (Wildman–Crippen LogP) is 3.30. The monoisotopic (exact) mass is 334 g/mol. The van der Waals surface area contributed by atoms with Gasteiger partial charge in [-0.05, 0) is 31.2 Å². The van der Waals surface area contributed by atoms with Gasteiger partial charge in [0.2, 0.25) is 5.91 Å². The quantitative estimate of drug-likeness (QED) is 0.851. The molecule has 3 N–H and O–H groups in total. The minimum atomic E-state index is -0.293. The second-order valence-corrected chi connectivity index (χ2v) is 6.01. The van der Waals surface area contributed by atoms with Crippen molar-refractivity contribution in [3.63, 3.8) is 0 Å². The van der Waals surface area contributed by atoms with Gasteiger partial charge in [0, 0.05) is 18.5 Å². The number of aromatic nitrogens is 2. The van der Waals surface area contributed by atoms with Crippen molar-refractivity contribution in [2.45, 2.75) is 38.3 Å². The van der Waals surface area contributed by atoms with Gasteiger partial charge in [-0.15, -0.1) is 12.4 Å². The Kier molecular flexibility index (Phi) is 5.80. The van der Waals surface area contributed by atoms with Gasteiger partial charge in [0.05, 0.1) is 12.2 Å². The highest BCUT2D eigenvalue weighted by molar-refractivity contribution is 5.90. The molecule has 2 atom stereocenters. The zero-order valence-electron chi connectivity index (χ0n) is 13.2. The number of rotatable bonds is 6. The van der Waals surface area contributed by atoms with E-state index in [9.17, 15) is 4.79 Å². The fraction of sp³-hybridized carbons (Fsp3) is 0.412. The lowest BCUT2D eigenvalue weighted by molar-refractivity contribution is -0.116. The molecule has 6 heteroatoms. The first-order chi connectivity index (χ1) is 10.6. The molecular weight excluding hydrogens is 312 g/mol. The summed E-state index contributed by atoms with van der Waals surface area (Å²) in [6.07, 6.45) is 4.47. The summed E-state index contributed by atoms with van der Waals surface area (Å²) < 4.78 is 1.91. The van der Waals surface area contributed by atoms with Crippen LogP contribution in [-0.4, -0.2) is 15.7 Å². The molecule has 23 heavy (non-hydrogen) atoms. The average Bonchev–Trinajstić information content (AvgIpc) is 3.28. The Balaban J connectivity index is 0.00000192. The molecule has 3 rings (SSSR count). The highest BCUT2D eigenvalue weighted by Crippen LogP contribution is 2.40. The Hall–Kier alpha value is -1.85. The molecule has 1 fully saturated rings. The van der Waals surface area contributed by atoms with E-state index in [-0.39, 0.29) is 30.8 Å². The predicted molar refractivity (Wildman–Crippen MR) is 93.5 cm³/mol. The van der Waals surface area contributed by atoms with Crippen LogP contribution >= 0.6 is 12.4 Å². The molecule has 0 radical (unpaired) electrons. The number of nitrogens with one attached hydrogen (secondary N) is 1. The first kappa shape index (κ1) is 17.5. The summed E-state index contributed by atoms with van der Waals surface area (Å²) >= 11 is 0. The van der Waals surface area contributed by atoms with E-state index in [1.54, 1.807) is 6.20 Å². The molecule has 0 bridgehead atoms. The van der Waals surface area contributed by atoms with Crippen molar-refractivity contribution in [3.8, 4) is 0 Å². The molecule has 1 aromatic heterocycles. The molecule has 1 aliphatic rings. The van der Waals surface area contributed by atoms with Gasteiger partial charge < -0.3 is 11.1 Å². The van der Waals surface area contributed by atoms with Crippen LogP contribution in [0.4, 0.5) is 5.82 Å². The van der Waals surface area contributed by atoms with Gasteiger partial charge in [0.15, 0.2) is 0 Å². The van der Waals surface area contributed by atoms with Gasteiger partial charge in [-0.2, -0.15) is 5.10 Å². The number of carbonyl (C=O) groups excluding carboxylic acids is 1. The summed E-state index contributed by atoms with van der Waals surface area (Å²) in [7, 11) is 0. The fourth-order valence-electron chi connectivity index (χ4n) is 2.73. The van der Waals surface area contributed by atoms with Crippen molar-refractivity contribution in [2.75, 3.05) is 5.32 Å². The third kappa shape index (κ3) is 4.33. The number of halogens is 1. The maximum atomic E-state index is 12.2. The van der Waals surface area contributed by atoms with Gasteiger partial charge >= 0.3 is 0 Å². The summed E-state index contributed by atoms with van der Waals surface area (Å²) in [4.78, 5) is 12.2. The normalized spacial score (nSPS) is 16.3.